The molecule has 0 fully saturated rings. The molecule has 0 aliphatic rings. The quantitative estimate of drug-likeness (QED) is 0.113. The normalized spacial score (nSPS) is 11.6. The van der Waals surface area contributed by atoms with E-state index >= 15 is 0 Å². The zero-order chi connectivity index (χ0) is 21.4. The van der Waals surface area contributed by atoms with Gasteiger partial charge in [0.1, 0.15) is 10.6 Å². The zero-order valence-corrected chi connectivity index (χ0v) is 18.8. The number of anilines is 1. The van der Waals surface area contributed by atoms with E-state index in [0.717, 1.165) is 12.8 Å². The zero-order valence-electron chi connectivity index (χ0n) is 18.0. The largest absolute Gasteiger partial charge is 0.494 e. The molecule has 0 saturated heterocycles. The van der Waals surface area contributed by atoms with Crippen molar-refractivity contribution < 1.29 is 17.7 Å². The van der Waals surface area contributed by atoms with E-state index in [1.165, 1.54) is 89.2 Å². The number of hydrazine groups is 1. The first-order chi connectivity index (χ1) is 14.0. The Morgan fingerprint density at radius 1 is 0.862 bits per heavy atom. The smallest absolute Gasteiger partial charge is 0.296 e. The molecule has 7 heteroatoms. The fraction of sp³-hybridized carbons (Fsp3) is 0.727. The van der Waals surface area contributed by atoms with Crippen LogP contribution in [0, 0.1) is 0 Å². The number of nitrogens with two attached hydrogens (primary N) is 1. The van der Waals surface area contributed by atoms with Crippen LogP contribution in [0.1, 0.15) is 96.8 Å². The third kappa shape index (κ3) is 12.1. The Kier molecular flexibility index (Phi) is 13.8. The lowest BCUT2D eigenvalue weighted by atomic mass is 10.0. The SMILES string of the molecule is CCCCCCCCCCCCCCCCOc1ccc(NN)c(S(=O)(=O)O)c1. The Bertz CT molecular complexity index is 650. The molecule has 0 spiro atoms. The van der Waals surface area contributed by atoms with Crippen LogP contribution in [-0.4, -0.2) is 19.6 Å². The summed E-state index contributed by atoms with van der Waals surface area (Å²) < 4.78 is 37.6. The van der Waals surface area contributed by atoms with Crippen molar-refractivity contribution in [1.29, 1.82) is 0 Å². The lowest BCUT2D eigenvalue weighted by Gasteiger charge is -2.10. The van der Waals surface area contributed by atoms with E-state index in [2.05, 4.69) is 12.3 Å². The predicted octanol–water partition coefficient (Wildman–Crippen LogP) is 6.08. The number of benzene rings is 1. The predicted molar refractivity (Wildman–Crippen MR) is 120 cm³/mol. The van der Waals surface area contributed by atoms with Gasteiger partial charge < -0.3 is 10.2 Å². The molecule has 0 amide bonds. The van der Waals surface area contributed by atoms with E-state index in [4.69, 9.17) is 10.6 Å². The standard InChI is InChI=1S/C22H40N2O4S/c1-2-3-4-5-6-7-8-9-10-11-12-13-14-15-18-28-20-16-17-21(24-23)22(19-20)29(25,26)27/h16-17,19,24H,2-15,18,23H2,1H3,(H,25,26,27). The van der Waals surface area contributed by atoms with Gasteiger partial charge in [0.15, 0.2) is 0 Å². The summed E-state index contributed by atoms with van der Waals surface area (Å²) in [6, 6.07) is 4.39. The van der Waals surface area contributed by atoms with Crippen molar-refractivity contribution in [3.8, 4) is 5.75 Å². The first-order valence-electron chi connectivity index (χ1n) is 11.2. The van der Waals surface area contributed by atoms with Crippen molar-refractivity contribution in [2.45, 2.75) is 102 Å². The molecule has 1 aromatic carbocycles. The molecule has 0 atom stereocenters. The van der Waals surface area contributed by atoms with E-state index in [1.807, 2.05) is 0 Å². The molecule has 29 heavy (non-hydrogen) atoms. The van der Waals surface area contributed by atoms with Crippen molar-refractivity contribution in [3.63, 3.8) is 0 Å². The minimum absolute atomic E-state index is 0.136. The molecule has 168 valence electrons. The molecule has 1 rings (SSSR count). The van der Waals surface area contributed by atoms with Crippen LogP contribution in [0.3, 0.4) is 0 Å². The number of nitrogens with one attached hydrogen (secondary N) is 1. The summed E-state index contributed by atoms with van der Waals surface area (Å²) in [5, 5.41) is 0. The number of rotatable bonds is 18. The lowest BCUT2D eigenvalue weighted by molar-refractivity contribution is 0.303. The first kappa shape index (κ1) is 25.7. The molecule has 1 aromatic rings. The van der Waals surface area contributed by atoms with Crippen LogP contribution in [0.4, 0.5) is 5.69 Å². The molecule has 6 nitrogen and oxygen atoms in total. The summed E-state index contributed by atoms with van der Waals surface area (Å²) in [6.07, 6.45) is 18.2. The fourth-order valence-electron chi connectivity index (χ4n) is 3.41. The van der Waals surface area contributed by atoms with Gasteiger partial charge in [-0.2, -0.15) is 8.42 Å². The average Bonchev–Trinajstić information content (AvgIpc) is 2.70. The summed E-state index contributed by atoms with van der Waals surface area (Å²) in [4.78, 5) is -0.279. The van der Waals surface area contributed by atoms with Gasteiger partial charge in [-0.25, -0.2) is 0 Å². The summed E-state index contributed by atoms with van der Waals surface area (Å²) in [5.41, 5.74) is 2.39. The van der Waals surface area contributed by atoms with Gasteiger partial charge in [0.2, 0.25) is 0 Å². The van der Waals surface area contributed by atoms with Crippen LogP contribution in [0.15, 0.2) is 23.1 Å². The number of ether oxygens (including phenoxy) is 1. The van der Waals surface area contributed by atoms with E-state index in [9.17, 15) is 13.0 Å². The monoisotopic (exact) mass is 428 g/mol. The third-order valence-corrected chi connectivity index (χ3v) is 6.05. The van der Waals surface area contributed by atoms with Crippen LogP contribution in [0.2, 0.25) is 0 Å². The number of unbranched alkanes of at least 4 members (excludes halogenated alkanes) is 13. The van der Waals surface area contributed by atoms with Crippen LogP contribution < -0.4 is 16.0 Å². The minimum atomic E-state index is -4.35. The second-order valence-electron chi connectivity index (χ2n) is 7.72. The summed E-state index contributed by atoms with van der Waals surface area (Å²) in [5.74, 6) is 5.68. The minimum Gasteiger partial charge on any atom is -0.494 e. The van der Waals surface area contributed by atoms with Gasteiger partial charge in [0.05, 0.1) is 12.3 Å². The highest BCUT2D eigenvalue weighted by atomic mass is 32.2. The van der Waals surface area contributed by atoms with Crippen molar-refractivity contribution in [2.24, 2.45) is 5.84 Å². The molecule has 0 bridgehead atoms. The van der Waals surface area contributed by atoms with E-state index in [1.54, 1.807) is 6.07 Å². The maximum atomic E-state index is 11.4. The lowest BCUT2D eigenvalue weighted by Crippen LogP contribution is -2.12. The number of nitrogen functional groups attached to an aromatic ring is 1. The summed E-state index contributed by atoms with van der Waals surface area (Å²) in [6.45, 7) is 2.78. The molecule has 0 aliphatic heterocycles. The van der Waals surface area contributed by atoms with Crippen molar-refractivity contribution in [2.75, 3.05) is 12.0 Å². The Balaban J connectivity index is 2.02. The molecule has 4 N–H and O–H groups in total. The van der Waals surface area contributed by atoms with Crippen LogP contribution in [0.25, 0.3) is 0 Å². The van der Waals surface area contributed by atoms with Gasteiger partial charge in [0.25, 0.3) is 10.1 Å². The highest BCUT2D eigenvalue weighted by molar-refractivity contribution is 7.86. The van der Waals surface area contributed by atoms with Crippen LogP contribution in [0.5, 0.6) is 5.75 Å². The van der Waals surface area contributed by atoms with Crippen molar-refractivity contribution in [3.05, 3.63) is 18.2 Å². The molecule has 0 aromatic heterocycles. The Hall–Kier alpha value is -1.31. The Morgan fingerprint density at radius 3 is 1.79 bits per heavy atom. The van der Waals surface area contributed by atoms with Gasteiger partial charge >= 0.3 is 0 Å². The van der Waals surface area contributed by atoms with E-state index in [0.29, 0.717) is 12.4 Å². The molecular weight excluding hydrogens is 388 g/mol. The van der Waals surface area contributed by atoms with Crippen LogP contribution >= 0.6 is 0 Å². The molecule has 0 radical (unpaired) electrons. The Labute approximate surface area is 177 Å². The highest BCUT2D eigenvalue weighted by Crippen LogP contribution is 2.26. The topological polar surface area (TPSA) is 102 Å². The van der Waals surface area contributed by atoms with Crippen molar-refractivity contribution >= 4 is 15.8 Å². The molecule has 0 unspecified atom stereocenters. The molecule has 0 heterocycles. The van der Waals surface area contributed by atoms with Gasteiger partial charge in [-0.05, 0) is 18.6 Å². The van der Waals surface area contributed by atoms with Gasteiger partial charge in [-0.3, -0.25) is 10.4 Å². The summed E-state index contributed by atoms with van der Waals surface area (Å²) >= 11 is 0. The maximum absolute atomic E-state index is 11.4. The maximum Gasteiger partial charge on any atom is 0.296 e. The van der Waals surface area contributed by atoms with E-state index in [-0.39, 0.29) is 10.6 Å². The van der Waals surface area contributed by atoms with Crippen LogP contribution in [-0.2, 0) is 10.1 Å². The van der Waals surface area contributed by atoms with Crippen molar-refractivity contribution in [1.82, 2.24) is 0 Å². The fourth-order valence-corrected chi connectivity index (χ4v) is 4.08. The summed E-state index contributed by atoms with van der Waals surface area (Å²) in [7, 11) is -4.35. The van der Waals surface area contributed by atoms with Gasteiger partial charge in [0, 0.05) is 6.07 Å². The molecular formula is C22H40N2O4S. The molecule has 0 aliphatic carbocycles. The first-order valence-corrected chi connectivity index (χ1v) is 12.6. The molecule has 0 saturated carbocycles. The third-order valence-electron chi connectivity index (χ3n) is 5.15. The number of hydrogen-bond acceptors (Lipinski definition) is 5. The number of hydrogen-bond donors (Lipinski definition) is 3. The van der Waals surface area contributed by atoms with Gasteiger partial charge in [-0.1, -0.05) is 90.4 Å². The second kappa shape index (κ2) is 15.5. The highest BCUT2D eigenvalue weighted by Gasteiger charge is 2.16. The Morgan fingerprint density at radius 2 is 1.34 bits per heavy atom. The van der Waals surface area contributed by atoms with Gasteiger partial charge in [-0.15, -0.1) is 0 Å². The average molecular weight is 429 g/mol. The van der Waals surface area contributed by atoms with E-state index < -0.39 is 10.1 Å². The second-order valence-corrected chi connectivity index (χ2v) is 9.11.